The third kappa shape index (κ3) is 4.42. The lowest BCUT2D eigenvalue weighted by Gasteiger charge is -2.33. The summed E-state index contributed by atoms with van der Waals surface area (Å²) < 4.78 is 6.25. The number of halogens is 1. The number of ether oxygens (including phenoxy) is 1. The van der Waals surface area contributed by atoms with Crippen LogP contribution in [0.3, 0.4) is 0 Å². The Morgan fingerprint density at radius 3 is 2.71 bits per heavy atom. The molecule has 0 bridgehead atoms. The molecular weight excluding hydrogens is 448 g/mol. The summed E-state index contributed by atoms with van der Waals surface area (Å²) >= 11 is 6.73. The summed E-state index contributed by atoms with van der Waals surface area (Å²) in [6.07, 6.45) is 7.77. The van der Waals surface area contributed by atoms with Crippen molar-refractivity contribution in [2.45, 2.75) is 26.2 Å². The maximum atomic E-state index is 6.73. The van der Waals surface area contributed by atoms with E-state index in [1.54, 1.807) is 0 Å². The summed E-state index contributed by atoms with van der Waals surface area (Å²) in [6, 6.07) is 5.93. The number of allylic oxidation sites excluding steroid dienone is 1. The molecule has 4 aliphatic rings. The second kappa shape index (κ2) is 8.71. The third-order valence-corrected chi connectivity index (χ3v) is 7.31. The fourth-order valence-electron chi connectivity index (χ4n) is 4.77. The number of amidine groups is 1. The van der Waals surface area contributed by atoms with Crippen molar-refractivity contribution in [3.63, 3.8) is 0 Å². The Balaban J connectivity index is 1.30. The van der Waals surface area contributed by atoms with E-state index in [4.69, 9.17) is 21.3 Å². The second-order valence-corrected chi connectivity index (χ2v) is 10.1. The highest BCUT2D eigenvalue weighted by Gasteiger charge is 2.28. The number of aromatic nitrogens is 2. The van der Waals surface area contributed by atoms with Gasteiger partial charge in [0.25, 0.3) is 0 Å². The molecule has 0 spiro atoms. The topological polar surface area (TPSA) is 65.9 Å². The summed E-state index contributed by atoms with van der Waals surface area (Å²) in [5, 5.41) is 3.95. The van der Waals surface area contributed by atoms with E-state index in [0.717, 1.165) is 56.4 Å². The van der Waals surface area contributed by atoms with Crippen LogP contribution in [0.2, 0.25) is 5.02 Å². The van der Waals surface area contributed by atoms with Crippen LogP contribution in [-0.2, 0) is 6.42 Å². The van der Waals surface area contributed by atoms with E-state index in [-0.39, 0.29) is 0 Å². The smallest absolute Gasteiger partial charge is 0.233 e. The Labute approximate surface area is 205 Å². The molecule has 0 unspecified atom stereocenters. The van der Waals surface area contributed by atoms with Gasteiger partial charge in [-0.3, -0.25) is 4.99 Å². The molecule has 6 rings (SSSR count). The summed E-state index contributed by atoms with van der Waals surface area (Å²) in [7, 11) is 2.15. The number of aliphatic imine (C=N–C) groups is 1. The van der Waals surface area contributed by atoms with Crippen LogP contribution in [0.5, 0.6) is 11.6 Å². The number of nitrogens with one attached hydrogen (secondary N) is 1. The number of rotatable bonds is 5. The maximum absolute atomic E-state index is 6.73. The van der Waals surface area contributed by atoms with Crippen molar-refractivity contribution >= 4 is 35.3 Å². The number of nitrogens with zero attached hydrogens (tertiary/aromatic N) is 5. The van der Waals surface area contributed by atoms with Crippen LogP contribution in [-0.4, -0.2) is 60.5 Å². The van der Waals surface area contributed by atoms with Gasteiger partial charge >= 0.3 is 0 Å². The van der Waals surface area contributed by atoms with Crippen LogP contribution in [0.1, 0.15) is 30.9 Å². The Bertz CT molecular complexity index is 1220. The predicted octanol–water partition coefficient (Wildman–Crippen LogP) is 4.79. The lowest BCUT2D eigenvalue weighted by molar-refractivity contribution is 0.312. The fraction of sp³-hybridized carbons (Fsp3) is 0.423. The van der Waals surface area contributed by atoms with E-state index in [0.29, 0.717) is 28.5 Å². The lowest BCUT2D eigenvalue weighted by Crippen LogP contribution is -2.44. The average molecular weight is 477 g/mol. The zero-order valence-corrected chi connectivity index (χ0v) is 20.4. The van der Waals surface area contributed by atoms with Crippen LogP contribution in [0.4, 0.5) is 11.8 Å². The van der Waals surface area contributed by atoms with Crippen molar-refractivity contribution in [2.75, 3.05) is 50.0 Å². The number of anilines is 2. The van der Waals surface area contributed by atoms with Gasteiger partial charge in [-0.15, -0.1) is 0 Å². The van der Waals surface area contributed by atoms with E-state index < -0.39 is 0 Å². The molecule has 1 aromatic heterocycles. The number of benzene rings is 1. The lowest BCUT2D eigenvalue weighted by atomic mass is 10.1. The maximum Gasteiger partial charge on any atom is 0.233 e. The standard InChI is InChI=1S/C26H29ClN6O/c1-16-11-18-5-6-21(25(27)20(18)12-16)34-24-14-23(33-9-7-32(2)8-10-33)30-26(31-24)29-22-13-19(15-28-22)17-3-4-17/h5-6,12-14,17H,3-4,7-11,15H2,1-2H3,(H,28,29,30,31). The first-order chi connectivity index (χ1) is 16.5. The Morgan fingerprint density at radius 1 is 1.09 bits per heavy atom. The van der Waals surface area contributed by atoms with Gasteiger partial charge < -0.3 is 19.9 Å². The van der Waals surface area contributed by atoms with Gasteiger partial charge in [-0.05, 0) is 62.4 Å². The number of fused-ring (bicyclic) bond motifs is 1. The molecular formula is C26H29ClN6O. The molecule has 2 aliphatic carbocycles. The fourth-order valence-corrected chi connectivity index (χ4v) is 5.04. The first-order valence-corrected chi connectivity index (χ1v) is 12.4. The quantitative estimate of drug-likeness (QED) is 0.669. The van der Waals surface area contributed by atoms with Crippen molar-refractivity contribution in [2.24, 2.45) is 10.9 Å². The molecule has 3 heterocycles. The molecule has 176 valence electrons. The minimum Gasteiger partial charge on any atom is -0.437 e. The normalized spacial score (nSPS) is 20.1. The van der Waals surface area contributed by atoms with Crippen molar-refractivity contribution in [1.82, 2.24) is 14.9 Å². The molecule has 34 heavy (non-hydrogen) atoms. The zero-order chi connectivity index (χ0) is 23.2. The molecule has 1 saturated carbocycles. The zero-order valence-electron chi connectivity index (χ0n) is 19.6. The van der Waals surface area contributed by atoms with Gasteiger partial charge in [0.05, 0.1) is 11.6 Å². The van der Waals surface area contributed by atoms with Crippen molar-refractivity contribution in [1.29, 1.82) is 0 Å². The summed E-state index contributed by atoms with van der Waals surface area (Å²) in [4.78, 5) is 18.7. The van der Waals surface area contributed by atoms with Crippen LogP contribution in [0.15, 0.2) is 40.4 Å². The second-order valence-electron chi connectivity index (χ2n) is 9.72. The van der Waals surface area contributed by atoms with Gasteiger partial charge in [0, 0.05) is 37.8 Å². The number of hydrogen-bond donors (Lipinski definition) is 1. The number of piperazine rings is 1. The van der Waals surface area contributed by atoms with E-state index in [1.165, 1.54) is 29.6 Å². The molecule has 7 nitrogen and oxygen atoms in total. The summed E-state index contributed by atoms with van der Waals surface area (Å²) in [5.41, 5.74) is 4.98. The van der Waals surface area contributed by atoms with Gasteiger partial charge in [0.2, 0.25) is 11.8 Å². The highest BCUT2D eigenvalue weighted by atomic mass is 35.5. The molecule has 2 fully saturated rings. The first kappa shape index (κ1) is 21.6. The van der Waals surface area contributed by atoms with Crippen LogP contribution >= 0.6 is 11.6 Å². The molecule has 1 aromatic carbocycles. The van der Waals surface area contributed by atoms with E-state index in [2.05, 4.69) is 57.3 Å². The van der Waals surface area contributed by atoms with Crippen LogP contribution in [0.25, 0.3) is 6.08 Å². The van der Waals surface area contributed by atoms with Crippen molar-refractivity contribution in [3.05, 3.63) is 51.6 Å². The highest BCUT2D eigenvalue weighted by molar-refractivity contribution is 6.33. The molecule has 2 aliphatic heterocycles. The first-order valence-electron chi connectivity index (χ1n) is 12.0. The molecule has 1 saturated heterocycles. The summed E-state index contributed by atoms with van der Waals surface area (Å²) in [6.45, 7) is 6.69. The monoisotopic (exact) mass is 476 g/mol. The van der Waals surface area contributed by atoms with Crippen molar-refractivity contribution in [3.8, 4) is 11.6 Å². The van der Waals surface area contributed by atoms with Gasteiger partial charge in [0.1, 0.15) is 17.4 Å². The number of likely N-dealkylation sites (N-methyl/N-ethyl adjacent to an activating group) is 1. The SMILES string of the molecule is CC1=Cc2c(ccc(Oc3cc(N4CCN(C)CC4)nc(NC4=NCC(C5CC5)=C4)n3)c2Cl)C1. The van der Waals surface area contributed by atoms with Gasteiger partial charge in [-0.2, -0.15) is 9.97 Å². The van der Waals surface area contributed by atoms with Gasteiger partial charge in [-0.1, -0.05) is 29.3 Å². The largest absolute Gasteiger partial charge is 0.437 e. The van der Waals surface area contributed by atoms with E-state index in [9.17, 15) is 0 Å². The minimum atomic E-state index is 0.469. The average Bonchev–Trinajstić information content (AvgIpc) is 3.45. The van der Waals surface area contributed by atoms with Crippen LogP contribution in [0, 0.1) is 5.92 Å². The molecule has 0 amide bonds. The van der Waals surface area contributed by atoms with Crippen molar-refractivity contribution < 1.29 is 4.74 Å². The molecule has 1 N–H and O–H groups in total. The molecule has 8 heteroatoms. The van der Waals surface area contributed by atoms with E-state index in [1.807, 2.05) is 12.1 Å². The predicted molar refractivity (Wildman–Crippen MR) is 137 cm³/mol. The molecule has 0 radical (unpaired) electrons. The highest BCUT2D eigenvalue weighted by Crippen LogP contribution is 2.40. The number of hydrogen-bond acceptors (Lipinski definition) is 7. The Hall–Kier alpha value is -2.90. The molecule has 0 atom stereocenters. The van der Waals surface area contributed by atoms with E-state index >= 15 is 0 Å². The Kier molecular flexibility index (Phi) is 5.54. The van der Waals surface area contributed by atoms with Gasteiger partial charge in [-0.25, -0.2) is 0 Å². The Morgan fingerprint density at radius 2 is 1.91 bits per heavy atom. The van der Waals surface area contributed by atoms with Gasteiger partial charge in [0.15, 0.2) is 0 Å². The summed E-state index contributed by atoms with van der Waals surface area (Å²) in [5.74, 6) is 3.94. The van der Waals surface area contributed by atoms with Crippen LogP contribution < -0.4 is 15.0 Å². The minimum absolute atomic E-state index is 0.469. The third-order valence-electron chi connectivity index (χ3n) is 6.92. The molecule has 2 aromatic rings.